The van der Waals surface area contributed by atoms with Crippen LogP contribution in [0.15, 0.2) is 72.9 Å². The summed E-state index contributed by atoms with van der Waals surface area (Å²) in [7, 11) is 1.46. The molecule has 1 amide bonds. The number of rotatable bonds is 55. The lowest BCUT2D eigenvalue weighted by Crippen LogP contribution is -2.47. The van der Waals surface area contributed by atoms with E-state index in [1.54, 1.807) is 0 Å². The maximum atomic E-state index is 13.5. The Morgan fingerprint density at radius 1 is 0.473 bits per heavy atom. The largest absolute Gasteiger partial charge is 0.472 e. The highest BCUT2D eigenvalue weighted by molar-refractivity contribution is 7.47. The second-order valence-corrected chi connectivity index (χ2v) is 23.3. The number of quaternary nitrogens is 1. The van der Waals surface area contributed by atoms with Crippen LogP contribution in [0.3, 0.4) is 0 Å². The van der Waals surface area contributed by atoms with E-state index in [1.165, 1.54) is 154 Å². The molecule has 74 heavy (non-hydrogen) atoms. The highest BCUT2D eigenvalue weighted by Crippen LogP contribution is 2.43. The molecule has 0 fully saturated rings. The van der Waals surface area contributed by atoms with Crippen LogP contribution in [0.2, 0.25) is 0 Å². The number of carbonyl (C=O) groups excluding carboxylic acids is 2. The SMILES string of the molecule is CCCCC/C=C\C/C=C\C/C=C\CCCCCCCCCCCCC(=O)NC(COP(=O)(O)OCC[N+](C)(C)C)C(/C=C\CCCCCCCCCCCC)OC(=O)CC/C=C/C/C=C\CCCCCCCC. The van der Waals surface area contributed by atoms with E-state index >= 15 is 0 Å². The lowest BCUT2D eigenvalue weighted by Gasteiger charge is -2.27. The van der Waals surface area contributed by atoms with Crippen LogP contribution in [0, 0.1) is 0 Å². The van der Waals surface area contributed by atoms with Crippen LogP contribution < -0.4 is 5.32 Å². The Hall–Kier alpha value is -2.55. The van der Waals surface area contributed by atoms with Gasteiger partial charge < -0.3 is 19.4 Å². The van der Waals surface area contributed by atoms with Gasteiger partial charge in [-0.25, -0.2) is 4.57 Å². The molecule has 2 N–H and O–H groups in total. The van der Waals surface area contributed by atoms with Crippen LogP contribution in [0.1, 0.15) is 271 Å². The fourth-order valence-corrected chi connectivity index (χ4v) is 9.32. The first kappa shape index (κ1) is 71.5. The molecular weight excluding hydrogens is 940 g/mol. The van der Waals surface area contributed by atoms with Crippen LogP contribution in [-0.4, -0.2) is 74.3 Å². The van der Waals surface area contributed by atoms with Gasteiger partial charge in [0.1, 0.15) is 19.3 Å². The van der Waals surface area contributed by atoms with Crippen LogP contribution in [0.25, 0.3) is 0 Å². The first-order valence-corrected chi connectivity index (χ1v) is 32.3. The fourth-order valence-electron chi connectivity index (χ4n) is 8.59. The predicted octanol–water partition coefficient (Wildman–Crippen LogP) is 18.8. The molecular formula is C64H118N2O7P+. The summed E-state index contributed by atoms with van der Waals surface area (Å²) in [6.07, 6.45) is 69.1. The topological polar surface area (TPSA) is 111 Å². The molecule has 10 heteroatoms. The molecule has 0 bridgehead atoms. The maximum absolute atomic E-state index is 13.5. The number of allylic oxidation sites excluding steroid dienone is 11. The van der Waals surface area contributed by atoms with Crippen molar-refractivity contribution < 1.29 is 37.3 Å². The quantitative estimate of drug-likeness (QED) is 0.0205. The third-order valence-corrected chi connectivity index (χ3v) is 14.4. The second kappa shape index (κ2) is 53.8. The average molecular weight is 1060 g/mol. The molecule has 0 aromatic heterocycles. The van der Waals surface area contributed by atoms with Crippen LogP contribution in [0.4, 0.5) is 0 Å². The summed E-state index contributed by atoms with van der Waals surface area (Å²) in [5.74, 6) is -0.586. The van der Waals surface area contributed by atoms with E-state index in [0.717, 1.165) is 77.0 Å². The van der Waals surface area contributed by atoms with Gasteiger partial charge in [-0.3, -0.25) is 18.6 Å². The molecule has 0 aliphatic carbocycles. The fraction of sp³-hybridized carbons (Fsp3) is 0.781. The van der Waals surface area contributed by atoms with E-state index in [0.29, 0.717) is 23.9 Å². The minimum absolute atomic E-state index is 0.0300. The number of amides is 1. The number of phosphoric ester groups is 1. The minimum atomic E-state index is -4.46. The number of unbranched alkanes of at least 4 members (excludes halogenated alkanes) is 29. The summed E-state index contributed by atoms with van der Waals surface area (Å²) in [5.41, 5.74) is 0. The molecule has 0 saturated heterocycles. The van der Waals surface area contributed by atoms with Crippen molar-refractivity contribution in [3.8, 4) is 0 Å². The number of esters is 1. The molecule has 3 atom stereocenters. The zero-order chi connectivity index (χ0) is 54.3. The second-order valence-electron chi connectivity index (χ2n) is 21.9. The number of phosphoric acid groups is 1. The van der Waals surface area contributed by atoms with Gasteiger partial charge in [-0.05, 0) is 89.5 Å². The minimum Gasteiger partial charge on any atom is -0.456 e. The van der Waals surface area contributed by atoms with Gasteiger partial charge in [0.2, 0.25) is 5.91 Å². The Bertz CT molecular complexity index is 1500. The molecule has 0 aliphatic heterocycles. The lowest BCUT2D eigenvalue weighted by atomic mass is 10.0. The number of likely N-dealkylation sites (N-methyl/N-ethyl adjacent to an activating group) is 1. The average Bonchev–Trinajstić information content (AvgIpc) is 3.36. The van der Waals surface area contributed by atoms with Crippen molar-refractivity contribution in [3.63, 3.8) is 0 Å². The van der Waals surface area contributed by atoms with Crippen molar-refractivity contribution in [1.29, 1.82) is 0 Å². The standard InChI is InChI=1S/C64H117N2O7P/c1-7-10-13-16-19-22-25-28-29-30-31-32-33-34-35-36-37-39-41-44-47-50-53-56-63(67)65-61(60-72-74(69,70)71-59-58-66(4,5)6)62(55-52-49-46-43-40-27-24-21-18-15-12-9-3)73-64(68)57-54-51-48-45-42-38-26-23-20-17-14-11-8-2/h19,22,28-29,31-32,38,42,48,51-52,55,61-62H,7-18,20-21,23-27,30,33-37,39-41,43-47,49-50,53-54,56-60H2,1-6H3,(H-,65,67,69,70)/p+1/b22-19-,29-28-,32-31-,42-38-,51-48+,55-52-. The summed E-state index contributed by atoms with van der Waals surface area (Å²) >= 11 is 0. The third-order valence-electron chi connectivity index (χ3n) is 13.4. The van der Waals surface area contributed by atoms with Crippen molar-refractivity contribution in [3.05, 3.63) is 72.9 Å². The summed E-state index contributed by atoms with van der Waals surface area (Å²) in [6.45, 7) is 6.94. The number of ether oxygens (including phenoxy) is 1. The summed E-state index contributed by atoms with van der Waals surface area (Å²) in [4.78, 5) is 37.6. The van der Waals surface area contributed by atoms with Gasteiger partial charge in [0.05, 0.1) is 33.8 Å². The summed E-state index contributed by atoms with van der Waals surface area (Å²) < 4.78 is 30.6. The monoisotopic (exact) mass is 1060 g/mol. The molecule has 3 unspecified atom stereocenters. The Kier molecular flexibility index (Phi) is 52.0. The van der Waals surface area contributed by atoms with Crippen molar-refractivity contribution in [2.45, 2.75) is 283 Å². The van der Waals surface area contributed by atoms with Gasteiger partial charge in [-0.15, -0.1) is 0 Å². The number of nitrogens with one attached hydrogen (secondary N) is 1. The van der Waals surface area contributed by atoms with E-state index in [1.807, 2.05) is 39.4 Å². The van der Waals surface area contributed by atoms with E-state index in [2.05, 4.69) is 80.8 Å². The van der Waals surface area contributed by atoms with Crippen molar-refractivity contribution in [2.24, 2.45) is 0 Å². The Labute approximate surface area is 457 Å². The molecule has 9 nitrogen and oxygen atoms in total. The molecule has 0 aromatic carbocycles. The zero-order valence-corrected chi connectivity index (χ0v) is 50.0. The van der Waals surface area contributed by atoms with E-state index in [9.17, 15) is 19.0 Å². The van der Waals surface area contributed by atoms with E-state index < -0.39 is 25.9 Å². The van der Waals surface area contributed by atoms with Gasteiger partial charge in [0.25, 0.3) is 0 Å². The van der Waals surface area contributed by atoms with Gasteiger partial charge in [0.15, 0.2) is 0 Å². The van der Waals surface area contributed by atoms with E-state index in [4.69, 9.17) is 13.8 Å². The number of hydrogen-bond acceptors (Lipinski definition) is 6. The summed E-state index contributed by atoms with van der Waals surface area (Å²) in [5, 5.41) is 3.04. The molecule has 0 heterocycles. The first-order chi connectivity index (χ1) is 35.9. The van der Waals surface area contributed by atoms with Gasteiger partial charge in [-0.1, -0.05) is 242 Å². The normalized spacial score (nSPS) is 14.2. The van der Waals surface area contributed by atoms with Crippen molar-refractivity contribution in [2.75, 3.05) is 40.9 Å². The predicted molar refractivity (Wildman–Crippen MR) is 318 cm³/mol. The van der Waals surface area contributed by atoms with Gasteiger partial charge in [-0.2, -0.15) is 0 Å². The third kappa shape index (κ3) is 54.2. The molecule has 0 rings (SSSR count). The highest BCUT2D eigenvalue weighted by Gasteiger charge is 2.30. The zero-order valence-electron chi connectivity index (χ0n) is 49.1. The highest BCUT2D eigenvalue weighted by atomic mass is 31.2. The molecule has 0 aliphatic rings. The van der Waals surface area contributed by atoms with Gasteiger partial charge >= 0.3 is 13.8 Å². The van der Waals surface area contributed by atoms with E-state index in [-0.39, 0.29) is 25.5 Å². The van der Waals surface area contributed by atoms with Gasteiger partial charge in [0, 0.05) is 12.8 Å². The smallest absolute Gasteiger partial charge is 0.456 e. The molecule has 0 radical (unpaired) electrons. The van der Waals surface area contributed by atoms with Crippen LogP contribution >= 0.6 is 7.82 Å². The molecule has 430 valence electrons. The van der Waals surface area contributed by atoms with Crippen LogP contribution in [-0.2, 0) is 27.9 Å². The molecule has 0 aromatic rings. The lowest BCUT2D eigenvalue weighted by molar-refractivity contribution is -0.870. The van der Waals surface area contributed by atoms with Crippen molar-refractivity contribution in [1.82, 2.24) is 5.32 Å². The maximum Gasteiger partial charge on any atom is 0.472 e. The molecule has 0 spiro atoms. The van der Waals surface area contributed by atoms with Crippen molar-refractivity contribution >= 4 is 19.7 Å². The first-order valence-electron chi connectivity index (χ1n) is 30.8. The Morgan fingerprint density at radius 2 is 0.838 bits per heavy atom. The number of carbonyl (C=O) groups is 2. The Balaban J connectivity index is 5.24. The Morgan fingerprint density at radius 3 is 1.28 bits per heavy atom. The summed E-state index contributed by atoms with van der Waals surface area (Å²) in [6, 6.07) is -0.874. The number of hydrogen-bond donors (Lipinski definition) is 2. The molecule has 0 saturated carbocycles. The number of nitrogens with zero attached hydrogens (tertiary/aromatic N) is 1. The van der Waals surface area contributed by atoms with Crippen LogP contribution in [0.5, 0.6) is 0 Å².